The Labute approximate surface area is 129 Å². The highest BCUT2D eigenvalue weighted by molar-refractivity contribution is 6.03. The molecule has 0 heterocycles. The SMILES string of the molecule is CCCNc1cccc2cccc(N(CCC)CCC)c12. The van der Waals surface area contributed by atoms with E-state index >= 15 is 0 Å². The Morgan fingerprint density at radius 3 is 2.14 bits per heavy atom. The highest BCUT2D eigenvalue weighted by atomic mass is 15.1. The predicted molar refractivity (Wildman–Crippen MR) is 95.5 cm³/mol. The Morgan fingerprint density at radius 2 is 1.52 bits per heavy atom. The zero-order valence-corrected chi connectivity index (χ0v) is 13.7. The summed E-state index contributed by atoms with van der Waals surface area (Å²) in [6.45, 7) is 9.98. The van der Waals surface area contributed by atoms with Gasteiger partial charge in [0.05, 0.1) is 0 Å². The molecule has 0 bridgehead atoms. The molecule has 21 heavy (non-hydrogen) atoms. The number of hydrogen-bond acceptors (Lipinski definition) is 2. The minimum atomic E-state index is 1.02. The first-order valence-corrected chi connectivity index (χ1v) is 8.32. The summed E-state index contributed by atoms with van der Waals surface area (Å²) in [7, 11) is 0. The minimum Gasteiger partial charge on any atom is -0.384 e. The van der Waals surface area contributed by atoms with Crippen molar-refractivity contribution in [1.82, 2.24) is 0 Å². The normalized spacial score (nSPS) is 10.8. The maximum atomic E-state index is 3.59. The Kier molecular flexibility index (Phi) is 5.91. The van der Waals surface area contributed by atoms with E-state index in [9.17, 15) is 0 Å². The molecule has 0 saturated carbocycles. The third-order valence-electron chi connectivity index (χ3n) is 3.78. The van der Waals surface area contributed by atoms with Crippen molar-refractivity contribution >= 4 is 22.1 Å². The van der Waals surface area contributed by atoms with Crippen molar-refractivity contribution in [2.45, 2.75) is 40.0 Å². The number of fused-ring (bicyclic) bond motifs is 1. The topological polar surface area (TPSA) is 15.3 Å². The molecule has 114 valence electrons. The van der Waals surface area contributed by atoms with Crippen LogP contribution < -0.4 is 10.2 Å². The Balaban J connectivity index is 2.50. The second kappa shape index (κ2) is 7.92. The summed E-state index contributed by atoms with van der Waals surface area (Å²) in [5, 5.41) is 6.29. The Morgan fingerprint density at radius 1 is 0.857 bits per heavy atom. The maximum absolute atomic E-state index is 3.59. The minimum absolute atomic E-state index is 1.02. The first-order chi connectivity index (χ1) is 10.3. The summed E-state index contributed by atoms with van der Waals surface area (Å²) in [6.07, 6.45) is 3.51. The van der Waals surface area contributed by atoms with Gasteiger partial charge >= 0.3 is 0 Å². The number of hydrogen-bond donors (Lipinski definition) is 1. The van der Waals surface area contributed by atoms with Crippen LogP contribution in [0.2, 0.25) is 0 Å². The van der Waals surface area contributed by atoms with E-state index in [0.29, 0.717) is 0 Å². The molecule has 2 heteroatoms. The molecule has 0 spiro atoms. The van der Waals surface area contributed by atoms with Crippen LogP contribution in [0, 0.1) is 0 Å². The van der Waals surface area contributed by atoms with Crippen molar-refractivity contribution in [2.75, 3.05) is 29.9 Å². The number of nitrogens with zero attached hydrogens (tertiary/aromatic N) is 1. The molecule has 0 atom stereocenters. The lowest BCUT2D eigenvalue weighted by Crippen LogP contribution is -2.25. The molecule has 0 unspecified atom stereocenters. The van der Waals surface area contributed by atoms with E-state index in [2.05, 4.69) is 67.4 Å². The molecule has 0 aliphatic heterocycles. The lowest BCUT2D eigenvalue weighted by Gasteiger charge is -2.26. The van der Waals surface area contributed by atoms with E-state index in [1.165, 1.54) is 35.0 Å². The summed E-state index contributed by atoms with van der Waals surface area (Å²) >= 11 is 0. The third kappa shape index (κ3) is 3.69. The fourth-order valence-electron chi connectivity index (χ4n) is 2.88. The zero-order chi connectivity index (χ0) is 15.1. The second-order valence-corrected chi connectivity index (χ2v) is 5.59. The molecule has 0 aliphatic rings. The molecule has 0 fully saturated rings. The van der Waals surface area contributed by atoms with E-state index in [-0.39, 0.29) is 0 Å². The van der Waals surface area contributed by atoms with Gasteiger partial charge in [0.2, 0.25) is 0 Å². The van der Waals surface area contributed by atoms with Gasteiger partial charge in [0.1, 0.15) is 0 Å². The van der Waals surface area contributed by atoms with E-state index in [1.807, 2.05) is 0 Å². The third-order valence-corrected chi connectivity index (χ3v) is 3.78. The van der Waals surface area contributed by atoms with Crippen LogP contribution in [0.3, 0.4) is 0 Å². The average molecular weight is 284 g/mol. The van der Waals surface area contributed by atoms with Crippen molar-refractivity contribution in [3.63, 3.8) is 0 Å². The van der Waals surface area contributed by atoms with Crippen LogP contribution in [-0.2, 0) is 0 Å². The monoisotopic (exact) mass is 284 g/mol. The van der Waals surface area contributed by atoms with Crippen LogP contribution in [-0.4, -0.2) is 19.6 Å². The highest BCUT2D eigenvalue weighted by Gasteiger charge is 2.11. The molecule has 0 aliphatic carbocycles. The smallest absolute Gasteiger partial charge is 0.0466 e. The van der Waals surface area contributed by atoms with Crippen LogP contribution in [0.15, 0.2) is 36.4 Å². The standard InChI is InChI=1S/C19H28N2/c1-4-13-20-17-11-7-9-16-10-8-12-18(19(16)17)21(14-5-2)15-6-3/h7-12,20H,4-6,13-15H2,1-3H3. The van der Waals surface area contributed by atoms with Crippen LogP contribution in [0.1, 0.15) is 40.0 Å². The van der Waals surface area contributed by atoms with Crippen molar-refractivity contribution in [3.8, 4) is 0 Å². The van der Waals surface area contributed by atoms with Gasteiger partial charge in [-0.05, 0) is 36.8 Å². The molecule has 1 N–H and O–H groups in total. The quantitative estimate of drug-likeness (QED) is 0.708. The molecule has 2 nitrogen and oxygen atoms in total. The molecule has 2 aromatic carbocycles. The van der Waals surface area contributed by atoms with Gasteiger partial charge in [0, 0.05) is 36.4 Å². The van der Waals surface area contributed by atoms with Crippen molar-refractivity contribution in [3.05, 3.63) is 36.4 Å². The molecule has 0 radical (unpaired) electrons. The Hall–Kier alpha value is -1.70. The maximum Gasteiger partial charge on any atom is 0.0466 e. The summed E-state index contributed by atoms with van der Waals surface area (Å²) in [6, 6.07) is 13.2. The van der Waals surface area contributed by atoms with Gasteiger partial charge in [-0.2, -0.15) is 0 Å². The average Bonchev–Trinajstić information content (AvgIpc) is 2.52. The van der Waals surface area contributed by atoms with Gasteiger partial charge < -0.3 is 10.2 Å². The second-order valence-electron chi connectivity index (χ2n) is 5.59. The fraction of sp³-hybridized carbons (Fsp3) is 0.474. The molecular weight excluding hydrogens is 256 g/mol. The van der Waals surface area contributed by atoms with Crippen molar-refractivity contribution in [1.29, 1.82) is 0 Å². The molecule has 0 amide bonds. The number of benzene rings is 2. The lowest BCUT2D eigenvalue weighted by atomic mass is 10.1. The molecule has 0 aromatic heterocycles. The van der Waals surface area contributed by atoms with Crippen LogP contribution in [0.5, 0.6) is 0 Å². The van der Waals surface area contributed by atoms with E-state index in [1.54, 1.807) is 0 Å². The van der Waals surface area contributed by atoms with Gasteiger partial charge in [-0.25, -0.2) is 0 Å². The molecule has 2 aromatic rings. The van der Waals surface area contributed by atoms with Gasteiger partial charge in [-0.1, -0.05) is 45.0 Å². The molecule has 0 saturated heterocycles. The van der Waals surface area contributed by atoms with Gasteiger partial charge in [-0.15, -0.1) is 0 Å². The summed E-state index contributed by atoms with van der Waals surface area (Å²) in [5.41, 5.74) is 2.64. The molecule has 2 rings (SSSR count). The summed E-state index contributed by atoms with van der Waals surface area (Å²) < 4.78 is 0. The van der Waals surface area contributed by atoms with Crippen molar-refractivity contribution in [2.24, 2.45) is 0 Å². The van der Waals surface area contributed by atoms with Crippen LogP contribution in [0.25, 0.3) is 10.8 Å². The van der Waals surface area contributed by atoms with Crippen LogP contribution in [0.4, 0.5) is 11.4 Å². The predicted octanol–water partition coefficient (Wildman–Crippen LogP) is 5.29. The fourth-order valence-corrected chi connectivity index (χ4v) is 2.88. The number of anilines is 2. The first kappa shape index (κ1) is 15.7. The Bertz CT molecular complexity index is 551. The first-order valence-electron chi connectivity index (χ1n) is 8.32. The van der Waals surface area contributed by atoms with Crippen molar-refractivity contribution < 1.29 is 0 Å². The lowest BCUT2D eigenvalue weighted by molar-refractivity contribution is 0.747. The summed E-state index contributed by atoms with van der Waals surface area (Å²) in [5.74, 6) is 0. The number of nitrogens with one attached hydrogen (secondary N) is 1. The number of rotatable bonds is 8. The van der Waals surface area contributed by atoms with E-state index < -0.39 is 0 Å². The largest absolute Gasteiger partial charge is 0.384 e. The zero-order valence-electron chi connectivity index (χ0n) is 13.7. The van der Waals surface area contributed by atoms with Crippen LogP contribution >= 0.6 is 0 Å². The van der Waals surface area contributed by atoms with Gasteiger partial charge in [-0.3, -0.25) is 0 Å². The van der Waals surface area contributed by atoms with Gasteiger partial charge in [0.25, 0.3) is 0 Å². The summed E-state index contributed by atoms with van der Waals surface area (Å²) in [4.78, 5) is 2.53. The van der Waals surface area contributed by atoms with E-state index in [0.717, 1.165) is 26.1 Å². The molecular formula is C19H28N2. The highest BCUT2D eigenvalue weighted by Crippen LogP contribution is 2.33. The van der Waals surface area contributed by atoms with Gasteiger partial charge in [0.15, 0.2) is 0 Å². The van der Waals surface area contributed by atoms with E-state index in [4.69, 9.17) is 0 Å².